The Morgan fingerprint density at radius 1 is 0.565 bits per heavy atom. The van der Waals surface area contributed by atoms with E-state index in [2.05, 4.69) is 79.4 Å². The Bertz CT molecular complexity index is 963. The third-order valence-electron chi connectivity index (χ3n) is 4.39. The maximum Gasteiger partial charge on any atom is -0.00264 e. The molecule has 0 bridgehead atoms. The second-order valence-electron chi connectivity index (χ2n) is 5.83. The summed E-state index contributed by atoms with van der Waals surface area (Å²) in [4.78, 5) is 0. The van der Waals surface area contributed by atoms with E-state index in [1.807, 2.05) is 6.92 Å². The van der Waals surface area contributed by atoms with E-state index >= 15 is 0 Å². The Hall–Kier alpha value is -2.86. The van der Waals surface area contributed by atoms with Crippen LogP contribution in [0.5, 0.6) is 0 Å². The molecule has 0 heterocycles. The fourth-order valence-corrected chi connectivity index (χ4v) is 3.58. The van der Waals surface area contributed by atoms with Crippen molar-refractivity contribution in [3.05, 3.63) is 85.5 Å². The van der Waals surface area contributed by atoms with Crippen molar-refractivity contribution in [3.63, 3.8) is 0 Å². The number of fused-ring (bicyclic) bond motifs is 2. The monoisotopic (exact) mass is 294 g/mol. The van der Waals surface area contributed by atoms with Crippen LogP contribution in [0.2, 0.25) is 0 Å². The third-order valence-corrected chi connectivity index (χ3v) is 4.39. The van der Waals surface area contributed by atoms with Crippen LogP contribution in [0.4, 0.5) is 0 Å². The summed E-state index contributed by atoms with van der Waals surface area (Å²) in [6.07, 6.45) is 1.75. The molecule has 0 aliphatic carbocycles. The molecule has 0 N–H and O–H groups in total. The standard InChI is InChI=1S/C20H12.C3H6/c1-5-13-6-2-11-17-18-12-4-8-14-7-3-10-16(20(14)18)15(9-1)19(13)17;1-3-2/h1-12H;3H,1H2,2H3. The molecule has 0 fully saturated rings. The first kappa shape index (κ1) is 13.8. The average Bonchev–Trinajstić information content (AvgIpc) is 2.60. The van der Waals surface area contributed by atoms with Gasteiger partial charge in [0.1, 0.15) is 0 Å². The molecule has 0 aliphatic rings. The Kier molecular flexibility index (Phi) is 3.24. The molecule has 0 aliphatic heterocycles. The van der Waals surface area contributed by atoms with Crippen molar-refractivity contribution in [1.82, 2.24) is 0 Å². The van der Waals surface area contributed by atoms with Gasteiger partial charge in [0.15, 0.2) is 0 Å². The van der Waals surface area contributed by atoms with Gasteiger partial charge in [-0.1, -0.05) is 78.9 Å². The zero-order valence-corrected chi connectivity index (χ0v) is 13.2. The van der Waals surface area contributed by atoms with Crippen LogP contribution in [0.25, 0.3) is 43.1 Å². The lowest BCUT2D eigenvalue weighted by atomic mass is 9.90. The molecule has 5 aromatic carbocycles. The normalized spacial score (nSPS) is 11.0. The van der Waals surface area contributed by atoms with E-state index in [4.69, 9.17) is 0 Å². The first-order valence-electron chi connectivity index (χ1n) is 7.96. The molecular formula is C23H18. The second kappa shape index (κ2) is 5.40. The zero-order chi connectivity index (χ0) is 15.8. The Morgan fingerprint density at radius 2 is 0.826 bits per heavy atom. The molecule has 0 saturated heterocycles. The number of benzene rings is 5. The molecule has 5 rings (SSSR count). The van der Waals surface area contributed by atoms with E-state index < -0.39 is 0 Å². The van der Waals surface area contributed by atoms with Crippen LogP contribution in [0.15, 0.2) is 85.5 Å². The Labute approximate surface area is 136 Å². The first-order valence-corrected chi connectivity index (χ1v) is 7.96. The van der Waals surface area contributed by atoms with Gasteiger partial charge < -0.3 is 0 Å². The van der Waals surface area contributed by atoms with Gasteiger partial charge in [0.05, 0.1) is 0 Å². The van der Waals surface area contributed by atoms with Crippen molar-refractivity contribution in [2.24, 2.45) is 0 Å². The molecule has 0 atom stereocenters. The van der Waals surface area contributed by atoms with Crippen molar-refractivity contribution in [1.29, 1.82) is 0 Å². The van der Waals surface area contributed by atoms with Gasteiger partial charge in [-0.25, -0.2) is 0 Å². The van der Waals surface area contributed by atoms with Gasteiger partial charge in [0.25, 0.3) is 0 Å². The number of hydrogen-bond acceptors (Lipinski definition) is 0. The van der Waals surface area contributed by atoms with Crippen LogP contribution in [-0.4, -0.2) is 0 Å². The summed E-state index contributed by atoms with van der Waals surface area (Å²) >= 11 is 0. The third kappa shape index (κ3) is 1.99. The lowest BCUT2D eigenvalue weighted by Gasteiger charge is -2.13. The number of hydrogen-bond donors (Lipinski definition) is 0. The fourth-order valence-electron chi connectivity index (χ4n) is 3.58. The highest BCUT2D eigenvalue weighted by molar-refractivity contribution is 6.32. The summed E-state index contributed by atoms with van der Waals surface area (Å²) in [6.45, 7) is 5.25. The van der Waals surface area contributed by atoms with Crippen molar-refractivity contribution in [2.45, 2.75) is 6.92 Å². The van der Waals surface area contributed by atoms with E-state index in [9.17, 15) is 0 Å². The minimum Gasteiger partial charge on any atom is -0.103 e. The number of allylic oxidation sites excluding steroid dienone is 1. The molecule has 0 spiro atoms. The van der Waals surface area contributed by atoms with Crippen molar-refractivity contribution >= 4 is 43.1 Å². The topological polar surface area (TPSA) is 0 Å². The van der Waals surface area contributed by atoms with E-state index in [-0.39, 0.29) is 0 Å². The van der Waals surface area contributed by atoms with Gasteiger partial charge in [0, 0.05) is 0 Å². The van der Waals surface area contributed by atoms with Crippen LogP contribution >= 0.6 is 0 Å². The summed E-state index contributed by atoms with van der Waals surface area (Å²) in [5.41, 5.74) is 0. The molecule has 0 heteroatoms. The van der Waals surface area contributed by atoms with E-state index in [1.54, 1.807) is 6.08 Å². The summed E-state index contributed by atoms with van der Waals surface area (Å²) in [7, 11) is 0. The maximum absolute atomic E-state index is 3.36. The molecule has 110 valence electrons. The minimum atomic E-state index is 1.33. The Morgan fingerprint density at radius 3 is 1.09 bits per heavy atom. The predicted octanol–water partition coefficient (Wildman–Crippen LogP) is 6.93. The molecule has 0 aromatic heterocycles. The molecule has 0 unspecified atom stereocenters. The van der Waals surface area contributed by atoms with E-state index in [0.29, 0.717) is 0 Å². The second-order valence-corrected chi connectivity index (χ2v) is 5.83. The van der Waals surface area contributed by atoms with Gasteiger partial charge in [-0.15, -0.1) is 6.58 Å². The molecule has 0 nitrogen and oxygen atoms in total. The lowest BCUT2D eigenvalue weighted by molar-refractivity contribution is 1.78. The quantitative estimate of drug-likeness (QED) is 0.165. The molecule has 0 saturated carbocycles. The lowest BCUT2D eigenvalue weighted by Crippen LogP contribution is -1.85. The van der Waals surface area contributed by atoms with Crippen LogP contribution in [-0.2, 0) is 0 Å². The van der Waals surface area contributed by atoms with Gasteiger partial charge in [-0.05, 0) is 50.0 Å². The van der Waals surface area contributed by atoms with Crippen LogP contribution in [0, 0.1) is 0 Å². The number of rotatable bonds is 0. The van der Waals surface area contributed by atoms with Gasteiger partial charge >= 0.3 is 0 Å². The summed E-state index contributed by atoms with van der Waals surface area (Å²) in [5.74, 6) is 0. The minimum absolute atomic E-state index is 1.33. The molecule has 23 heavy (non-hydrogen) atoms. The fraction of sp³-hybridized carbons (Fsp3) is 0.0435. The molecule has 0 amide bonds. The van der Waals surface area contributed by atoms with E-state index in [1.165, 1.54) is 43.1 Å². The zero-order valence-electron chi connectivity index (χ0n) is 13.2. The van der Waals surface area contributed by atoms with E-state index in [0.717, 1.165) is 0 Å². The highest BCUT2D eigenvalue weighted by Crippen LogP contribution is 2.39. The molecular weight excluding hydrogens is 276 g/mol. The van der Waals surface area contributed by atoms with Gasteiger partial charge in [-0.2, -0.15) is 0 Å². The largest absolute Gasteiger partial charge is 0.103 e. The van der Waals surface area contributed by atoms with Crippen LogP contribution in [0.3, 0.4) is 0 Å². The van der Waals surface area contributed by atoms with Crippen molar-refractivity contribution < 1.29 is 0 Å². The summed E-state index contributed by atoms with van der Waals surface area (Å²) < 4.78 is 0. The van der Waals surface area contributed by atoms with Crippen molar-refractivity contribution in [3.8, 4) is 0 Å². The molecule has 5 aromatic rings. The molecule has 0 radical (unpaired) electrons. The first-order chi connectivity index (χ1) is 11.3. The predicted molar refractivity (Wildman–Crippen MR) is 104 cm³/mol. The maximum atomic E-state index is 3.36. The summed E-state index contributed by atoms with van der Waals surface area (Å²) in [6, 6.07) is 26.4. The average molecular weight is 294 g/mol. The van der Waals surface area contributed by atoms with Crippen LogP contribution < -0.4 is 0 Å². The van der Waals surface area contributed by atoms with Gasteiger partial charge in [0.2, 0.25) is 0 Å². The highest BCUT2D eigenvalue weighted by atomic mass is 14.1. The SMILES string of the molecule is C=CC.c1cc2cccc3c4cccc5cccc(c(c1)c23)c54. The smallest absolute Gasteiger partial charge is 0.00264 e. The Balaban J connectivity index is 0.000000421. The van der Waals surface area contributed by atoms with Crippen molar-refractivity contribution in [2.75, 3.05) is 0 Å². The summed E-state index contributed by atoms with van der Waals surface area (Å²) in [5, 5.41) is 10.9. The van der Waals surface area contributed by atoms with Crippen LogP contribution in [0.1, 0.15) is 6.92 Å². The highest BCUT2D eigenvalue weighted by Gasteiger charge is 2.11. The van der Waals surface area contributed by atoms with Gasteiger partial charge in [-0.3, -0.25) is 0 Å².